The molecule has 1 heterocycles. The molecule has 28 heavy (non-hydrogen) atoms. The SMILES string of the molecule is Cc1ccc(C)c(OCCN(C)C(=O)NCC2CC(=O)N(C3CCCC3)C2)c1. The molecular formula is C22H33N3O3. The van der Waals surface area contributed by atoms with Crippen LogP contribution in [0.25, 0.3) is 0 Å². The molecule has 1 N–H and O–H groups in total. The van der Waals surface area contributed by atoms with Gasteiger partial charge in [-0.2, -0.15) is 0 Å². The summed E-state index contributed by atoms with van der Waals surface area (Å²) < 4.78 is 5.83. The van der Waals surface area contributed by atoms with Crippen molar-refractivity contribution in [1.82, 2.24) is 15.1 Å². The second-order valence-electron chi connectivity index (χ2n) is 8.28. The zero-order chi connectivity index (χ0) is 20.1. The standard InChI is InChI=1S/C22H33N3O3/c1-16-8-9-17(2)20(12-16)28-11-10-24(3)22(27)23-14-18-13-21(26)25(15-18)19-6-4-5-7-19/h8-9,12,18-19H,4-7,10-11,13-15H2,1-3H3,(H,23,27). The second kappa shape index (κ2) is 9.30. The first-order valence-electron chi connectivity index (χ1n) is 10.4. The van der Waals surface area contributed by atoms with Crippen molar-refractivity contribution in [2.45, 2.75) is 52.0 Å². The van der Waals surface area contributed by atoms with E-state index in [4.69, 9.17) is 4.74 Å². The van der Waals surface area contributed by atoms with Crippen LogP contribution in [0.2, 0.25) is 0 Å². The maximum atomic E-state index is 12.3. The van der Waals surface area contributed by atoms with E-state index in [-0.39, 0.29) is 17.9 Å². The quantitative estimate of drug-likeness (QED) is 0.782. The number of nitrogens with one attached hydrogen (secondary N) is 1. The number of likely N-dealkylation sites (N-methyl/N-ethyl adjacent to an activating group) is 1. The van der Waals surface area contributed by atoms with Gasteiger partial charge in [-0.1, -0.05) is 25.0 Å². The van der Waals surface area contributed by atoms with Gasteiger partial charge in [0.15, 0.2) is 0 Å². The van der Waals surface area contributed by atoms with E-state index in [0.717, 1.165) is 36.3 Å². The Kier molecular flexibility index (Phi) is 6.81. The van der Waals surface area contributed by atoms with Gasteiger partial charge in [-0.3, -0.25) is 4.79 Å². The predicted octanol–water partition coefficient (Wildman–Crippen LogP) is 3.11. The van der Waals surface area contributed by atoms with Crippen LogP contribution in [-0.2, 0) is 4.79 Å². The summed E-state index contributed by atoms with van der Waals surface area (Å²) in [5.41, 5.74) is 2.25. The highest BCUT2D eigenvalue weighted by Gasteiger charge is 2.35. The highest BCUT2D eigenvalue weighted by molar-refractivity contribution is 5.79. The van der Waals surface area contributed by atoms with Crippen molar-refractivity contribution in [1.29, 1.82) is 0 Å². The Bertz CT molecular complexity index is 700. The number of ether oxygens (including phenoxy) is 1. The van der Waals surface area contributed by atoms with Crippen molar-refractivity contribution in [3.63, 3.8) is 0 Å². The van der Waals surface area contributed by atoms with E-state index >= 15 is 0 Å². The summed E-state index contributed by atoms with van der Waals surface area (Å²) in [5.74, 6) is 1.34. The van der Waals surface area contributed by atoms with Crippen LogP contribution in [0.5, 0.6) is 5.75 Å². The Morgan fingerprint density at radius 1 is 1.29 bits per heavy atom. The molecule has 0 radical (unpaired) electrons. The Morgan fingerprint density at radius 2 is 2.04 bits per heavy atom. The maximum Gasteiger partial charge on any atom is 0.317 e. The Balaban J connectivity index is 1.37. The minimum absolute atomic E-state index is 0.115. The van der Waals surface area contributed by atoms with Crippen molar-refractivity contribution in [2.75, 3.05) is 33.3 Å². The van der Waals surface area contributed by atoms with Crippen LogP contribution in [0, 0.1) is 19.8 Å². The molecule has 3 rings (SSSR count). The number of hydrogen-bond donors (Lipinski definition) is 1. The third-order valence-electron chi connectivity index (χ3n) is 5.92. The van der Waals surface area contributed by atoms with Crippen LogP contribution in [0.15, 0.2) is 18.2 Å². The van der Waals surface area contributed by atoms with Crippen molar-refractivity contribution < 1.29 is 14.3 Å². The van der Waals surface area contributed by atoms with Crippen LogP contribution >= 0.6 is 0 Å². The first kappa shape index (κ1) is 20.5. The maximum absolute atomic E-state index is 12.3. The monoisotopic (exact) mass is 387 g/mol. The summed E-state index contributed by atoms with van der Waals surface area (Å²) in [5, 5.41) is 2.98. The summed E-state index contributed by atoms with van der Waals surface area (Å²) in [6.45, 7) is 6.35. The fraction of sp³-hybridized carbons (Fsp3) is 0.636. The number of hydrogen-bond acceptors (Lipinski definition) is 3. The van der Waals surface area contributed by atoms with Crippen LogP contribution in [0.1, 0.15) is 43.2 Å². The van der Waals surface area contributed by atoms with E-state index in [1.165, 1.54) is 12.8 Å². The molecular weight excluding hydrogens is 354 g/mol. The molecule has 6 nitrogen and oxygen atoms in total. The van der Waals surface area contributed by atoms with E-state index in [1.807, 2.05) is 30.9 Å². The van der Waals surface area contributed by atoms with Crippen LogP contribution < -0.4 is 10.1 Å². The van der Waals surface area contributed by atoms with Crippen LogP contribution in [0.3, 0.4) is 0 Å². The van der Waals surface area contributed by atoms with E-state index in [0.29, 0.717) is 32.2 Å². The lowest BCUT2D eigenvalue weighted by Gasteiger charge is -2.24. The molecule has 6 heteroatoms. The Labute approximate surface area is 168 Å². The highest BCUT2D eigenvalue weighted by Crippen LogP contribution is 2.29. The first-order valence-corrected chi connectivity index (χ1v) is 10.4. The van der Waals surface area contributed by atoms with Crippen LogP contribution in [-0.4, -0.2) is 61.1 Å². The van der Waals surface area contributed by atoms with Crippen LogP contribution in [0.4, 0.5) is 4.79 Å². The molecule has 1 aromatic rings. The zero-order valence-electron chi connectivity index (χ0n) is 17.4. The molecule has 1 aliphatic heterocycles. The van der Waals surface area contributed by atoms with Gasteiger partial charge in [0.1, 0.15) is 12.4 Å². The number of carbonyl (C=O) groups is 2. The van der Waals surface area contributed by atoms with E-state index in [1.54, 1.807) is 11.9 Å². The smallest absolute Gasteiger partial charge is 0.317 e. The molecule has 3 amide bonds. The number of aryl methyl sites for hydroxylation is 2. The Morgan fingerprint density at radius 3 is 2.79 bits per heavy atom. The number of rotatable bonds is 7. The summed E-state index contributed by atoms with van der Waals surface area (Å²) in [6.07, 6.45) is 5.27. The average molecular weight is 388 g/mol. The van der Waals surface area contributed by atoms with Gasteiger partial charge in [-0.15, -0.1) is 0 Å². The second-order valence-corrected chi connectivity index (χ2v) is 8.28. The lowest BCUT2D eigenvalue weighted by Crippen LogP contribution is -2.42. The van der Waals surface area contributed by atoms with Crippen molar-refractivity contribution >= 4 is 11.9 Å². The molecule has 1 saturated carbocycles. The van der Waals surface area contributed by atoms with Gasteiger partial charge < -0.3 is 19.9 Å². The zero-order valence-corrected chi connectivity index (χ0v) is 17.4. The van der Waals surface area contributed by atoms with Gasteiger partial charge >= 0.3 is 6.03 Å². The summed E-state index contributed by atoms with van der Waals surface area (Å²) in [6, 6.07) is 6.43. The molecule has 1 atom stereocenters. The van der Waals surface area contributed by atoms with E-state index in [9.17, 15) is 9.59 Å². The molecule has 1 unspecified atom stereocenters. The number of likely N-dealkylation sites (tertiary alicyclic amines) is 1. The lowest BCUT2D eigenvalue weighted by molar-refractivity contribution is -0.129. The molecule has 0 spiro atoms. The number of amides is 3. The molecule has 2 aliphatic rings. The van der Waals surface area contributed by atoms with Gasteiger partial charge in [-0.05, 0) is 43.9 Å². The highest BCUT2D eigenvalue weighted by atomic mass is 16.5. The molecule has 2 fully saturated rings. The molecule has 0 aromatic heterocycles. The number of carbonyl (C=O) groups excluding carboxylic acids is 2. The largest absolute Gasteiger partial charge is 0.491 e. The van der Waals surface area contributed by atoms with Crippen molar-refractivity contribution in [3.05, 3.63) is 29.3 Å². The minimum atomic E-state index is -0.115. The third kappa shape index (κ3) is 5.18. The van der Waals surface area contributed by atoms with Gasteiger partial charge in [-0.25, -0.2) is 4.79 Å². The fourth-order valence-electron chi connectivity index (χ4n) is 4.14. The first-order chi connectivity index (χ1) is 13.4. The summed E-state index contributed by atoms with van der Waals surface area (Å²) in [4.78, 5) is 28.3. The predicted molar refractivity (Wildman–Crippen MR) is 110 cm³/mol. The van der Waals surface area contributed by atoms with Crippen molar-refractivity contribution in [3.8, 4) is 5.75 Å². The summed E-state index contributed by atoms with van der Waals surface area (Å²) >= 11 is 0. The van der Waals surface area contributed by atoms with Gasteiger partial charge in [0.25, 0.3) is 0 Å². The van der Waals surface area contributed by atoms with Gasteiger partial charge in [0.2, 0.25) is 5.91 Å². The van der Waals surface area contributed by atoms with Gasteiger partial charge in [0, 0.05) is 38.5 Å². The van der Waals surface area contributed by atoms with Gasteiger partial charge in [0.05, 0.1) is 6.54 Å². The topological polar surface area (TPSA) is 61.9 Å². The average Bonchev–Trinajstić information content (AvgIpc) is 3.31. The fourth-order valence-corrected chi connectivity index (χ4v) is 4.14. The third-order valence-corrected chi connectivity index (χ3v) is 5.92. The van der Waals surface area contributed by atoms with Crippen molar-refractivity contribution in [2.24, 2.45) is 5.92 Å². The molecule has 1 saturated heterocycles. The lowest BCUT2D eigenvalue weighted by atomic mass is 10.1. The summed E-state index contributed by atoms with van der Waals surface area (Å²) in [7, 11) is 1.77. The van der Waals surface area contributed by atoms with E-state index in [2.05, 4.69) is 11.4 Å². The molecule has 154 valence electrons. The number of nitrogens with zero attached hydrogens (tertiary/aromatic N) is 2. The number of benzene rings is 1. The molecule has 0 bridgehead atoms. The molecule has 1 aromatic carbocycles. The number of urea groups is 1. The Hall–Kier alpha value is -2.24. The van der Waals surface area contributed by atoms with E-state index < -0.39 is 0 Å². The minimum Gasteiger partial charge on any atom is -0.491 e. The molecule has 1 aliphatic carbocycles. The normalized spacial score (nSPS) is 19.9.